The van der Waals surface area contributed by atoms with Crippen molar-refractivity contribution in [2.24, 2.45) is 0 Å². The fraction of sp³-hybridized carbons (Fsp3) is 0.529. The van der Waals surface area contributed by atoms with Gasteiger partial charge in [0.25, 0.3) is 0 Å². The molecule has 0 aromatic heterocycles. The molecule has 0 fully saturated rings. The lowest BCUT2D eigenvalue weighted by atomic mass is 10.1. The summed E-state index contributed by atoms with van der Waals surface area (Å²) >= 11 is 35.0. The molecule has 0 radical (unpaired) electrons. The molecule has 0 unspecified atom stereocenters. The van der Waals surface area contributed by atoms with Gasteiger partial charge in [0.2, 0.25) is 9.70 Å². The second-order valence-corrected chi connectivity index (χ2v) is 9.53. The number of nitrogens with one attached hydrogen (secondary N) is 3. The van der Waals surface area contributed by atoms with Crippen LogP contribution in [0.15, 0.2) is 18.2 Å². The van der Waals surface area contributed by atoms with Crippen LogP contribution in [0, 0.1) is 0 Å². The Morgan fingerprint density at radius 1 is 1.07 bits per heavy atom. The molecule has 1 aromatic rings. The van der Waals surface area contributed by atoms with E-state index in [1.807, 2.05) is 0 Å². The Morgan fingerprint density at radius 3 is 2.33 bits per heavy atom. The molecule has 0 spiro atoms. The predicted octanol–water partition coefficient (Wildman–Crippen LogP) is 6.45. The van der Waals surface area contributed by atoms with Gasteiger partial charge in [0.05, 0.1) is 10.0 Å². The second-order valence-electron chi connectivity index (χ2n) is 5.93. The van der Waals surface area contributed by atoms with Gasteiger partial charge < -0.3 is 16.0 Å². The van der Waals surface area contributed by atoms with Crippen molar-refractivity contribution in [3.05, 3.63) is 28.2 Å². The highest BCUT2D eigenvalue weighted by Gasteiger charge is 2.34. The first-order chi connectivity index (χ1) is 12.6. The lowest BCUT2D eigenvalue weighted by molar-refractivity contribution is -0.122. The van der Waals surface area contributed by atoms with Gasteiger partial charge in [0, 0.05) is 12.1 Å². The first-order valence-electron chi connectivity index (χ1n) is 8.52. The maximum Gasteiger partial charge on any atom is 0.228 e. The Labute approximate surface area is 190 Å². The molecule has 0 aliphatic rings. The van der Waals surface area contributed by atoms with E-state index in [1.165, 1.54) is 0 Å². The zero-order valence-corrected chi connectivity index (χ0v) is 19.4. The number of carbonyl (C=O) groups excluding carboxylic acids is 1. The average Bonchev–Trinajstić information content (AvgIpc) is 2.56. The van der Waals surface area contributed by atoms with Crippen LogP contribution in [-0.2, 0) is 4.79 Å². The summed E-state index contributed by atoms with van der Waals surface area (Å²) in [6, 6.07) is 4.93. The first-order valence-corrected chi connectivity index (χ1v) is 10.8. The van der Waals surface area contributed by atoms with Gasteiger partial charge in [-0.25, -0.2) is 0 Å². The number of halogens is 5. The molecule has 0 aliphatic heterocycles. The Balaban J connectivity index is 2.57. The van der Waals surface area contributed by atoms with Gasteiger partial charge >= 0.3 is 0 Å². The summed E-state index contributed by atoms with van der Waals surface area (Å²) in [7, 11) is 0. The van der Waals surface area contributed by atoms with E-state index in [0.29, 0.717) is 22.2 Å². The Bertz CT molecular complexity index is 639. The van der Waals surface area contributed by atoms with Crippen molar-refractivity contribution in [2.45, 2.75) is 55.4 Å². The van der Waals surface area contributed by atoms with E-state index in [2.05, 4.69) is 22.9 Å². The van der Waals surface area contributed by atoms with Crippen LogP contribution in [0.4, 0.5) is 5.69 Å². The van der Waals surface area contributed by atoms with Crippen molar-refractivity contribution in [3.63, 3.8) is 0 Å². The lowest BCUT2D eigenvalue weighted by Gasteiger charge is -2.27. The van der Waals surface area contributed by atoms with Crippen LogP contribution in [0.1, 0.15) is 45.4 Å². The highest BCUT2D eigenvalue weighted by Crippen LogP contribution is 2.29. The smallest absolute Gasteiger partial charge is 0.228 e. The number of unbranched alkanes of at least 4 members (excludes halogenated alkanes) is 4. The van der Waals surface area contributed by atoms with E-state index in [0.717, 1.165) is 32.1 Å². The third kappa shape index (κ3) is 10.2. The van der Waals surface area contributed by atoms with E-state index in [9.17, 15) is 4.79 Å². The summed E-state index contributed by atoms with van der Waals surface area (Å²) in [6.45, 7) is 2.14. The molecule has 1 amide bonds. The number of carbonyl (C=O) groups is 1. The molecule has 0 heterocycles. The van der Waals surface area contributed by atoms with Crippen LogP contribution in [-0.4, -0.2) is 21.0 Å². The highest BCUT2D eigenvalue weighted by molar-refractivity contribution is 7.80. The molecular weight excluding hydrogens is 472 g/mol. The number of hydrogen-bond donors (Lipinski definition) is 3. The Hall–Kier alpha value is -0.170. The van der Waals surface area contributed by atoms with E-state index < -0.39 is 9.96 Å². The zero-order valence-electron chi connectivity index (χ0n) is 14.8. The molecule has 1 rings (SSSR count). The van der Waals surface area contributed by atoms with Crippen LogP contribution >= 0.6 is 70.2 Å². The first kappa shape index (κ1) is 24.9. The van der Waals surface area contributed by atoms with Crippen LogP contribution < -0.4 is 16.0 Å². The normalized spacial score (nSPS) is 12.4. The van der Waals surface area contributed by atoms with Gasteiger partial charge in [0.1, 0.15) is 6.17 Å². The molecular formula is C17H22Cl5N3OS. The van der Waals surface area contributed by atoms with Crippen molar-refractivity contribution in [3.8, 4) is 0 Å². The summed E-state index contributed by atoms with van der Waals surface area (Å²) in [6.07, 6.45) is 4.55. The van der Waals surface area contributed by atoms with E-state index >= 15 is 0 Å². The fourth-order valence-corrected chi connectivity index (χ4v) is 3.06. The van der Waals surface area contributed by atoms with E-state index in [4.69, 9.17) is 70.2 Å². The molecule has 0 aliphatic carbocycles. The molecule has 10 heteroatoms. The standard InChI is InChI=1S/C17H22Cl5N3OS/c1-2-3-4-5-6-7-14(26)24-15(17(20,21)22)25-16(27)23-11-8-9-12(18)13(19)10-11/h8-10,15H,2-7H2,1H3,(H,24,26)(H2,23,25,27)/t15-/m1/s1. The molecule has 0 saturated heterocycles. The topological polar surface area (TPSA) is 53.2 Å². The number of anilines is 1. The van der Waals surface area contributed by atoms with Crippen LogP contribution in [0.3, 0.4) is 0 Å². The van der Waals surface area contributed by atoms with Crippen LogP contribution in [0.5, 0.6) is 0 Å². The summed E-state index contributed by atoms with van der Waals surface area (Å²) in [4.78, 5) is 12.1. The second kappa shape index (κ2) is 12.4. The third-order valence-corrected chi connectivity index (χ3v) is 5.21. The third-order valence-electron chi connectivity index (χ3n) is 3.59. The van der Waals surface area contributed by atoms with Crippen molar-refractivity contribution in [2.75, 3.05) is 5.32 Å². The summed E-state index contributed by atoms with van der Waals surface area (Å²) < 4.78 is -1.79. The predicted molar refractivity (Wildman–Crippen MR) is 121 cm³/mol. The minimum atomic E-state index is -1.79. The SMILES string of the molecule is CCCCCCCC(=O)N[C@H](NC(=S)Nc1ccc(Cl)c(Cl)c1)C(Cl)(Cl)Cl. The van der Waals surface area contributed by atoms with Gasteiger partial charge in [-0.3, -0.25) is 4.79 Å². The molecule has 27 heavy (non-hydrogen) atoms. The zero-order chi connectivity index (χ0) is 20.4. The maximum absolute atomic E-state index is 12.1. The van der Waals surface area contributed by atoms with Crippen LogP contribution in [0.2, 0.25) is 10.0 Å². The van der Waals surface area contributed by atoms with Crippen molar-refractivity contribution >= 4 is 86.9 Å². The Kier molecular flexibility index (Phi) is 11.4. The summed E-state index contributed by atoms with van der Waals surface area (Å²) in [5.74, 6) is -0.215. The number of alkyl halides is 3. The number of rotatable bonds is 9. The fourth-order valence-electron chi connectivity index (χ4n) is 2.19. The number of thiocarbonyl (C=S) groups is 1. The largest absolute Gasteiger partial charge is 0.339 e. The maximum atomic E-state index is 12.1. The van der Waals surface area contributed by atoms with Crippen molar-refractivity contribution < 1.29 is 4.79 Å². The molecule has 0 saturated carbocycles. The quantitative estimate of drug-likeness (QED) is 0.160. The van der Waals surface area contributed by atoms with E-state index in [-0.39, 0.29) is 11.0 Å². The number of hydrogen-bond acceptors (Lipinski definition) is 2. The van der Waals surface area contributed by atoms with E-state index in [1.54, 1.807) is 18.2 Å². The molecule has 1 aromatic carbocycles. The number of benzene rings is 1. The minimum Gasteiger partial charge on any atom is -0.339 e. The van der Waals surface area contributed by atoms with Gasteiger partial charge in [-0.15, -0.1) is 0 Å². The van der Waals surface area contributed by atoms with Gasteiger partial charge in [-0.1, -0.05) is 90.6 Å². The molecule has 1 atom stereocenters. The average molecular weight is 494 g/mol. The summed E-state index contributed by atoms with van der Waals surface area (Å²) in [5, 5.41) is 9.32. The van der Waals surface area contributed by atoms with Crippen LogP contribution in [0.25, 0.3) is 0 Å². The highest BCUT2D eigenvalue weighted by atomic mass is 35.6. The van der Waals surface area contributed by atoms with Gasteiger partial charge in [0.15, 0.2) is 5.11 Å². The lowest BCUT2D eigenvalue weighted by Crippen LogP contribution is -2.56. The van der Waals surface area contributed by atoms with Crippen molar-refractivity contribution in [1.82, 2.24) is 10.6 Å². The monoisotopic (exact) mass is 491 g/mol. The van der Waals surface area contributed by atoms with Gasteiger partial charge in [-0.2, -0.15) is 0 Å². The van der Waals surface area contributed by atoms with Crippen molar-refractivity contribution in [1.29, 1.82) is 0 Å². The minimum absolute atomic E-state index is 0.160. The molecule has 3 N–H and O–H groups in total. The molecule has 0 bridgehead atoms. The summed E-state index contributed by atoms with van der Waals surface area (Å²) in [5.41, 5.74) is 0.604. The Morgan fingerprint density at radius 2 is 1.74 bits per heavy atom. The molecule has 152 valence electrons. The molecule has 4 nitrogen and oxygen atoms in total. The number of amides is 1. The van der Waals surface area contributed by atoms with Gasteiger partial charge in [-0.05, 0) is 36.8 Å².